The first kappa shape index (κ1) is 19.3. The van der Waals surface area contributed by atoms with Gasteiger partial charge < -0.3 is 15.4 Å². The number of nitrogens with zero attached hydrogens (tertiary/aromatic N) is 2. The number of carbonyl (C=O) groups is 1. The summed E-state index contributed by atoms with van der Waals surface area (Å²) in [4.78, 5) is 15.5. The Hall–Kier alpha value is -2.49. The van der Waals surface area contributed by atoms with Crippen molar-refractivity contribution < 1.29 is 17.9 Å². The molecule has 1 fully saturated rings. The van der Waals surface area contributed by atoms with Gasteiger partial charge in [-0.05, 0) is 29.8 Å². The number of aromatic nitrogens is 1. The van der Waals surface area contributed by atoms with Crippen LogP contribution in [-0.4, -0.2) is 50.4 Å². The minimum absolute atomic E-state index is 0.0204. The molecule has 1 saturated heterocycles. The molecule has 1 amide bonds. The largest absolute Gasteiger partial charge is 0.495 e. The summed E-state index contributed by atoms with van der Waals surface area (Å²) in [6.07, 6.45) is 3.32. The van der Waals surface area contributed by atoms with Crippen LogP contribution in [0, 0.1) is 0 Å². The van der Waals surface area contributed by atoms with Crippen LogP contribution in [0.5, 0.6) is 5.75 Å². The molecule has 0 spiro atoms. The molecular weight excluding hydrogens is 368 g/mol. The molecular formula is C18H22N4O4S. The van der Waals surface area contributed by atoms with Crippen LogP contribution in [0.2, 0.25) is 0 Å². The molecule has 1 aromatic heterocycles. The average Bonchev–Trinajstić information content (AvgIpc) is 2.68. The Morgan fingerprint density at radius 2 is 2.19 bits per heavy atom. The summed E-state index contributed by atoms with van der Waals surface area (Å²) in [6.45, 7) is 2.71. The van der Waals surface area contributed by atoms with Gasteiger partial charge in [0.1, 0.15) is 10.6 Å². The SMILES string of the molecule is COc1ccc(NC(C)=O)cc1S(=O)(=O)N1CCNCC1c1cccnc1. The fourth-order valence-electron chi connectivity index (χ4n) is 3.12. The lowest BCUT2D eigenvalue weighted by Gasteiger charge is -2.35. The maximum atomic E-state index is 13.5. The maximum absolute atomic E-state index is 13.5. The van der Waals surface area contributed by atoms with Crippen molar-refractivity contribution in [3.63, 3.8) is 0 Å². The van der Waals surface area contributed by atoms with Crippen LogP contribution >= 0.6 is 0 Å². The number of sulfonamides is 1. The van der Waals surface area contributed by atoms with E-state index in [2.05, 4.69) is 15.6 Å². The van der Waals surface area contributed by atoms with Gasteiger partial charge in [-0.1, -0.05) is 6.07 Å². The van der Waals surface area contributed by atoms with Gasteiger partial charge >= 0.3 is 0 Å². The van der Waals surface area contributed by atoms with Crippen LogP contribution < -0.4 is 15.4 Å². The Morgan fingerprint density at radius 3 is 2.85 bits per heavy atom. The summed E-state index contributed by atoms with van der Waals surface area (Å²) < 4.78 is 33.7. The van der Waals surface area contributed by atoms with Crippen molar-refractivity contribution in [1.82, 2.24) is 14.6 Å². The third kappa shape index (κ3) is 4.10. The van der Waals surface area contributed by atoms with Crippen LogP contribution in [0.1, 0.15) is 18.5 Å². The number of rotatable bonds is 5. The molecule has 1 aromatic carbocycles. The maximum Gasteiger partial charge on any atom is 0.247 e. The van der Waals surface area contributed by atoms with Crippen molar-refractivity contribution in [2.75, 3.05) is 32.1 Å². The van der Waals surface area contributed by atoms with E-state index in [9.17, 15) is 13.2 Å². The molecule has 1 aliphatic heterocycles. The van der Waals surface area contributed by atoms with Crippen molar-refractivity contribution in [2.24, 2.45) is 0 Å². The second-order valence-electron chi connectivity index (χ2n) is 6.17. The minimum Gasteiger partial charge on any atom is -0.495 e. The highest BCUT2D eigenvalue weighted by Crippen LogP contribution is 2.34. The van der Waals surface area contributed by atoms with Gasteiger partial charge in [-0.3, -0.25) is 9.78 Å². The molecule has 9 heteroatoms. The van der Waals surface area contributed by atoms with Crippen LogP contribution in [0.15, 0.2) is 47.6 Å². The Kier molecular flexibility index (Phi) is 5.73. The highest BCUT2D eigenvalue weighted by molar-refractivity contribution is 7.89. The predicted molar refractivity (Wildman–Crippen MR) is 101 cm³/mol. The first-order chi connectivity index (χ1) is 12.9. The van der Waals surface area contributed by atoms with E-state index in [1.807, 2.05) is 6.07 Å². The number of hydrogen-bond acceptors (Lipinski definition) is 6. The van der Waals surface area contributed by atoms with Gasteiger partial charge in [-0.25, -0.2) is 8.42 Å². The molecule has 1 aliphatic rings. The zero-order valence-electron chi connectivity index (χ0n) is 15.2. The average molecular weight is 390 g/mol. The predicted octanol–water partition coefficient (Wildman–Crippen LogP) is 1.38. The molecule has 2 N–H and O–H groups in total. The zero-order valence-corrected chi connectivity index (χ0v) is 16.0. The molecule has 3 rings (SSSR count). The van der Waals surface area contributed by atoms with E-state index in [-0.39, 0.29) is 22.6 Å². The summed E-state index contributed by atoms with van der Waals surface area (Å²) in [5.41, 5.74) is 1.21. The summed E-state index contributed by atoms with van der Waals surface area (Å²) in [7, 11) is -2.45. The molecule has 0 bridgehead atoms. The molecule has 144 valence electrons. The van der Waals surface area contributed by atoms with Crippen molar-refractivity contribution in [1.29, 1.82) is 0 Å². The zero-order chi connectivity index (χ0) is 19.4. The van der Waals surface area contributed by atoms with Gasteiger partial charge in [0.05, 0.1) is 13.2 Å². The number of hydrogen-bond donors (Lipinski definition) is 2. The Labute approximate surface area is 158 Å². The summed E-state index contributed by atoms with van der Waals surface area (Å²) in [6, 6.07) is 7.84. The number of benzene rings is 1. The number of carbonyl (C=O) groups excluding carboxylic acids is 1. The first-order valence-electron chi connectivity index (χ1n) is 8.51. The molecule has 8 nitrogen and oxygen atoms in total. The summed E-state index contributed by atoms with van der Waals surface area (Å²) in [5, 5.41) is 5.85. The molecule has 1 unspecified atom stereocenters. The first-order valence-corrected chi connectivity index (χ1v) is 9.95. The standard InChI is InChI=1S/C18H22N4O4S/c1-13(23)21-15-5-6-17(26-2)18(10-15)27(24,25)22-9-8-20-12-16(22)14-4-3-7-19-11-14/h3-7,10-11,16,20H,8-9,12H2,1-2H3,(H,21,23). The van der Waals surface area contributed by atoms with Crippen LogP contribution in [0.3, 0.4) is 0 Å². The van der Waals surface area contributed by atoms with Crippen molar-refractivity contribution in [3.05, 3.63) is 48.3 Å². The highest BCUT2D eigenvalue weighted by Gasteiger charge is 2.36. The quantitative estimate of drug-likeness (QED) is 0.800. The van der Waals surface area contributed by atoms with Gasteiger partial charge in [0.2, 0.25) is 15.9 Å². The highest BCUT2D eigenvalue weighted by atomic mass is 32.2. The second-order valence-corrected chi connectivity index (χ2v) is 8.03. The van der Waals surface area contributed by atoms with E-state index in [0.29, 0.717) is 25.3 Å². The van der Waals surface area contributed by atoms with E-state index in [1.165, 1.54) is 24.4 Å². The van der Waals surface area contributed by atoms with Crippen molar-refractivity contribution in [3.8, 4) is 5.75 Å². The van der Waals surface area contributed by atoms with E-state index in [4.69, 9.17) is 4.74 Å². The van der Waals surface area contributed by atoms with Crippen LogP contribution in [-0.2, 0) is 14.8 Å². The smallest absolute Gasteiger partial charge is 0.247 e. The van der Waals surface area contributed by atoms with E-state index < -0.39 is 10.0 Å². The monoisotopic (exact) mass is 390 g/mol. The van der Waals surface area contributed by atoms with Gasteiger partial charge in [0, 0.05) is 44.6 Å². The molecule has 0 aliphatic carbocycles. The Morgan fingerprint density at radius 1 is 1.37 bits per heavy atom. The fraction of sp³-hybridized carbons (Fsp3) is 0.333. The number of nitrogens with one attached hydrogen (secondary N) is 2. The van der Waals surface area contributed by atoms with Crippen molar-refractivity contribution in [2.45, 2.75) is 17.9 Å². The summed E-state index contributed by atoms with van der Waals surface area (Å²) >= 11 is 0. The number of ether oxygens (including phenoxy) is 1. The lowest BCUT2D eigenvalue weighted by Crippen LogP contribution is -2.48. The Bertz CT molecular complexity index is 918. The lowest BCUT2D eigenvalue weighted by molar-refractivity contribution is -0.114. The van der Waals surface area contributed by atoms with Crippen molar-refractivity contribution >= 4 is 21.6 Å². The van der Waals surface area contributed by atoms with Gasteiger partial charge in [-0.15, -0.1) is 0 Å². The fourth-order valence-corrected chi connectivity index (χ4v) is 4.91. The minimum atomic E-state index is -3.87. The normalized spacial score (nSPS) is 18.1. The van der Waals surface area contributed by atoms with Crippen LogP contribution in [0.4, 0.5) is 5.69 Å². The number of pyridine rings is 1. The van der Waals surface area contributed by atoms with E-state index in [1.54, 1.807) is 30.6 Å². The van der Waals surface area contributed by atoms with Gasteiger partial charge in [-0.2, -0.15) is 4.31 Å². The molecule has 0 saturated carbocycles. The summed E-state index contributed by atoms with van der Waals surface area (Å²) in [5.74, 6) is -0.0495. The van der Waals surface area contributed by atoms with E-state index >= 15 is 0 Å². The number of methoxy groups -OCH3 is 1. The topological polar surface area (TPSA) is 101 Å². The number of anilines is 1. The third-order valence-electron chi connectivity index (χ3n) is 4.33. The second kappa shape index (κ2) is 8.03. The molecule has 27 heavy (non-hydrogen) atoms. The van der Waals surface area contributed by atoms with Gasteiger partial charge in [0.15, 0.2) is 0 Å². The molecule has 2 aromatic rings. The molecule has 0 radical (unpaired) electrons. The lowest BCUT2D eigenvalue weighted by atomic mass is 10.1. The van der Waals surface area contributed by atoms with E-state index in [0.717, 1.165) is 5.56 Å². The molecule has 1 atom stereocenters. The number of amides is 1. The number of piperazine rings is 1. The molecule has 2 heterocycles. The van der Waals surface area contributed by atoms with Crippen LogP contribution in [0.25, 0.3) is 0 Å². The third-order valence-corrected chi connectivity index (χ3v) is 6.26. The Balaban J connectivity index is 2.04. The van der Waals surface area contributed by atoms with Gasteiger partial charge in [0.25, 0.3) is 0 Å².